The van der Waals surface area contributed by atoms with Gasteiger partial charge in [0.15, 0.2) is 0 Å². The maximum Gasteiger partial charge on any atom is 0.242 e. The minimum Gasteiger partial charge on any atom is -0.354 e. The zero-order valence-corrected chi connectivity index (χ0v) is 9.34. The smallest absolute Gasteiger partial charge is 0.242 e. The molecule has 4 heteroatoms. The van der Waals surface area contributed by atoms with Crippen LogP contribution in [-0.2, 0) is 9.59 Å². The van der Waals surface area contributed by atoms with Crippen LogP contribution in [0.5, 0.6) is 0 Å². The molecule has 1 atom stereocenters. The highest BCUT2D eigenvalue weighted by atomic mass is 16.2. The Balaban J connectivity index is 2.06. The second kappa shape index (κ2) is 6.43. The topological polar surface area (TPSA) is 58.2 Å². The molecule has 0 saturated carbocycles. The number of carbonyl (C=O) groups excluding carboxylic acids is 2. The van der Waals surface area contributed by atoms with Gasteiger partial charge < -0.3 is 10.6 Å². The van der Waals surface area contributed by atoms with Crippen molar-refractivity contribution in [3.8, 4) is 0 Å². The van der Waals surface area contributed by atoms with Crippen LogP contribution in [0.4, 0.5) is 0 Å². The van der Waals surface area contributed by atoms with E-state index in [9.17, 15) is 9.59 Å². The molecule has 0 spiro atoms. The lowest BCUT2D eigenvalue weighted by atomic mass is 10.2. The predicted molar refractivity (Wildman–Crippen MR) is 58.3 cm³/mol. The summed E-state index contributed by atoms with van der Waals surface area (Å²) >= 11 is 0. The Bertz CT molecular complexity index is 229. The Morgan fingerprint density at radius 1 is 1.47 bits per heavy atom. The summed E-state index contributed by atoms with van der Waals surface area (Å²) in [5, 5.41) is 5.51. The van der Waals surface area contributed by atoms with Crippen LogP contribution in [0.15, 0.2) is 0 Å². The van der Waals surface area contributed by atoms with E-state index in [1.165, 1.54) is 12.8 Å². The van der Waals surface area contributed by atoms with Crippen molar-refractivity contribution in [1.82, 2.24) is 10.6 Å². The third kappa shape index (κ3) is 4.32. The molecule has 1 saturated heterocycles. The van der Waals surface area contributed by atoms with Gasteiger partial charge in [-0.2, -0.15) is 0 Å². The van der Waals surface area contributed by atoms with Crippen LogP contribution in [0, 0.1) is 0 Å². The monoisotopic (exact) mass is 212 g/mol. The molecule has 2 amide bonds. The van der Waals surface area contributed by atoms with Crippen LogP contribution in [-0.4, -0.2) is 24.4 Å². The normalized spacial score (nSPS) is 20.1. The summed E-state index contributed by atoms with van der Waals surface area (Å²) in [6.45, 7) is 2.89. The molecule has 0 aromatic rings. The molecular weight excluding hydrogens is 192 g/mol. The van der Waals surface area contributed by atoms with Gasteiger partial charge in [-0.15, -0.1) is 0 Å². The summed E-state index contributed by atoms with van der Waals surface area (Å²) in [6, 6.07) is -0.288. The van der Waals surface area contributed by atoms with Crippen molar-refractivity contribution in [3.63, 3.8) is 0 Å². The molecule has 1 aliphatic rings. The second-order valence-electron chi connectivity index (χ2n) is 4.01. The molecule has 0 aromatic heterocycles. The van der Waals surface area contributed by atoms with Crippen LogP contribution in [0.3, 0.4) is 0 Å². The highest BCUT2D eigenvalue weighted by Crippen LogP contribution is 2.06. The molecule has 0 bridgehead atoms. The van der Waals surface area contributed by atoms with Crippen molar-refractivity contribution in [2.45, 2.75) is 51.5 Å². The highest BCUT2D eigenvalue weighted by Gasteiger charge is 2.26. The van der Waals surface area contributed by atoms with E-state index in [1.54, 1.807) is 0 Å². The Morgan fingerprint density at radius 2 is 2.27 bits per heavy atom. The van der Waals surface area contributed by atoms with E-state index in [4.69, 9.17) is 0 Å². The largest absolute Gasteiger partial charge is 0.354 e. The predicted octanol–water partition coefficient (Wildman–Crippen LogP) is 0.961. The van der Waals surface area contributed by atoms with Gasteiger partial charge in [-0.05, 0) is 12.8 Å². The third-order valence-corrected chi connectivity index (χ3v) is 2.64. The zero-order chi connectivity index (χ0) is 11.1. The zero-order valence-electron chi connectivity index (χ0n) is 9.34. The quantitative estimate of drug-likeness (QED) is 0.644. The van der Waals surface area contributed by atoms with Crippen LogP contribution in [0.25, 0.3) is 0 Å². The molecule has 86 valence electrons. The Labute approximate surface area is 90.8 Å². The van der Waals surface area contributed by atoms with E-state index in [0.717, 1.165) is 19.4 Å². The van der Waals surface area contributed by atoms with Gasteiger partial charge in [0.25, 0.3) is 0 Å². The summed E-state index contributed by atoms with van der Waals surface area (Å²) in [6.07, 6.45) is 5.73. The highest BCUT2D eigenvalue weighted by molar-refractivity contribution is 5.90. The first-order valence-electron chi connectivity index (χ1n) is 5.81. The summed E-state index contributed by atoms with van der Waals surface area (Å²) in [4.78, 5) is 22.4. The van der Waals surface area contributed by atoms with Crippen LogP contribution < -0.4 is 10.6 Å². The van der Waals surface area contributed by atoms with E-state index in [1.807, 2.05) is 0 Å². The summed E-state index contributed by atoms with van der Waals surface area (Å²) in [5.41, 5.74) is 0. The van der Waals surface area contributed by atoms with Crippen molar-refractivity contribution < 1.29 is 9.59 Å². The molecule has 1 heterocycles. The fourth-order valence-electron chi connectivity index (χ4n) is 1.70. The van der Waals surface area contributed by atoms with Crippen molar-refractivity contribution in [1.29, 1.82) is 0 Å². The molecule has 1 aliphatic heterocycles. The van der Waals surface area contributed by atoms with E-state index >= 15 is 0 Å². The minimum absolute atomic E-state index is 0.0128. The lowest BCUT2D eigenvalue weighted by molar-refractivity contribution is -0.125. The number of hydrogen-bond donors (Lipinski definition) is 2. The van der Waals surface area contributed by atoms with Crippen molar-refractivity contribution >= 4 is 11.8 Å². The summed E-state index contributed by atoms with van der Waals surface area (Å²) in [7, 11) is 0. The van der Waals surface area contributed by atoms with Gasteiger partial charge in [0.05, 0.1) is 0 Å². The molecular formula is C11H20N2O2. The van der Waals surface area contributed by atoms with Gasteiger partial charge in [-0.1, -0.05) is 26.2 Å². The van der Waals surface area contributed by atoms with Gasteiger partial charge >= 0.3 is 0 Å². The number of amides is 2. The third-order valence-electron chi connectivity index (χ3n) is 2.64. The average Bonchev–Trinajstić information content (AvgIpc) is 2.64. The van der Waals surface area contributed by atoms with Gasteiger partial charge in [0.1, 0.15) is 6.04 Å². The van der Waals surface area contributed by atoms with Crippen LogP contribution in [0.2, 0.25) is 0 Å². The molecule has 1 rings (SSSR count). The molecule has 0 unspecified atom stereocenters. The van der Waals surface area contributed by atoms with Gasteiger partial charge in [0, 0.05) is 13.0 Å². The molecule has 15 heavy (non-hydrogen) atoms. The Hall–Kier alpha value is -1.06. The van der Waals surface area contributed by atoms with Gasteiger partial charge in [-0.25, -0.2) is 0 Å². The van der Waals surface area contributed by atoms with E-state index in [-0.39, 0.29) is 17.9 Å². The number of unbranched alkanes of at least 4 members (excludes halogenated alkanes) is 3. The number of carbonyl (C=O) groups is 2. The van der Waals surface area contributed by atoms with E-state index < -0.39 is 0 Å². The average molecular weight is 212 g/mol. The standard InChI is InChI=1S/C11H20N2O2/c1-2-3-4-5-8-12-11(15)9-6-7-10(14)13-9/h9H,2-8H2,1H3,(H,12,15)(H,13,14)/t9-/m0/s1. The molecule has 0 aliphatic carbocycles. The fourth-order valence-corrected chi connectivity index (χ4v) is 1.70. The first-order chi connectivity index (χ1) is 7.24. The summed E-state index contributed by atoms with van der Waals surface area (Å²) in [5.74, 6) is -0.0431. The number of nitrogens with one attached hydrogen (secondary N) is 2. The Morgan fingerprint density at radius 3 is 2.87 bits per heavy atom. The first-order valence-corrected chi connectivity index (χ1v) is 5.81. The maximum atomic E-state index is 11.5. The van der Waals surface area contributed by atoms with Crippen LogP contribution >= 0.6 is 0 Å². The van der Waals surface area contributed by atoms with Crippen molar-refractivity contribution in [2.24, 2.45) is 0 Å². The van der Waals surface area contributed by atoms with Crippen LogP contribution in [0.1, 0.15) is 45.4 Å². The van der Waals surface area contributed by atoms with E-state index in [0.29, 0.717) is 12.8 Å². The molecule has 0 aromatic carbocycles. The minimum atomic E-state index is -0.288. The number of hydrogen-bond acceptors (Lipinski definition) is 2. The van der Waals surface area contributed by atoms with Gasteiger partial charge in [-0.3, -0.25) is 9.59 Å². The first kappa shape index (κ1) is 12.0. The van der Waals surface area contributed by atoms with Crippen molar-refractivity contribution in [3.05, 3.63) is 0 Å². The number of rotatable bonds is 6. The molecule has 1 fully saturated rings. The molecule has 0 radical (unpaired) electrons. The van der Waals surface area contributed by atoms with E-state index in [2.05, 4.69) is 17.6 Å². The summed E-state index contributed by atoms with van der Waals surface area (Å²) < 4.78 is 0. The Kier molecular flexibility index (Phi) is 5.15. The molecule has 2 N–H and O–H groups in total. The van der Waals surface area contributed by atoms with Crippen molar-refractivity contribution in [2.75, 3.05) is 6.54 Å². The maximum absolute atomic E-state index is 11.5. The van der Waals surface area contributed by atoms with Gasteiger partial charge in [0.2, 0.25) is 11.8 Å². The SMILES string of the molecule is CCCCCCNC(=O)[C@@H]1CCC(=O)N1. The molecule has 4 nitrogen and oxygen atoms in total. The lowest BCUT2D eigenvalue weighted by Crippen LogP contribution is -2.41. The lowest BCUT2D eigenvalue weighted by Gasteiger charge is -2.10. The second-order valence-corrected chi connectivity index (χ2v) is 4.01. The fraction of sp³-hybridized carbons (Fsp3) is 0.818.